The summed E-state index contributed by atoms with van der Waals surface area (Å²) in [5.74, 6) is 3.38. The predicted molar refractivity (Wildman–Crippen MR) is 75.5 cm³/mol. The molecule has 0 heterocycles. The lowest BCUT2D eigenvalue weighted by Gasteiger charge is -2.45. The fourth-order valence-electron chi connectivity index (χ4n) is 5.29. The topological polar surface area (TPSA) is 26.3 Å². The number of esters is 1. The van der Waals surface area contributed by atoms with E-state index in [0.29, 0.717) is 17.4 Å². The highest BCUT2D eigenvalue weighted by molar-refractivity contribution is 5.87. The van der Waals surface area contributed by atoms with Crippen molar-refractivity contribution in [1.29, 1.82) is 0 Å². The lowest BCUT2D eigenvalue weighted by Crippen LogP contribution is -2.49. The van der Waals surface area contributed by atoms with E-state index in [-0.39, 0.29) is 11.6 Å². The van der Waals surface area contributed by atoms with Gasteiger partial charge in [-0.1, -0.05) is 26.8 Å². The van der Waals surface area contributed by atoms with E-state index in [1.165, 1.54) is 25.7 Å². The number of hydrogen-bond acceptors (Lipinski definition) is 2. The molecule has 2 nitrogen and oxygen atoms in total. The summed E-state index contributed by atoms with van der Waals surface area (Å²) in [6, 6.07) is 0. The number of rotatable bonds is 3. The Balaban J connectivity index is 1.87. The molecule has 5 atom stereocenters. The van der Waals surface area contributed by atoms with E-state index in [0.717, 1.165) is 24.2 Å². The Labute approximate surface area is 116 Å². The molecule has 3 rings (SSSR count). The number of carbonyl (C=O) groups excluding carboxylic acids is 1. The Morgan fingerprint density at radius 3 is 2.63 bits per heavy atom. The first kappa shape index (κ1) is 13.2. The third-order valence-electron chi connectivity index (χ3n) is 6.12. The second-order valence-corrected chi connectivity index (χ2v) is 7.34. The minimum Gasteiger partial charge on any atom is -0.455 e. The highest BCUT2D eigenvalue weighted by Crippen LogP contribution is 2.65. The first-order chi connectivity index (χ1) is 8.95. The van der Waals surface area contributed by atoms with E-state index in [1.807, 2.05) is 0 Å². The molecule has 0 aromatic rings. The number of ether oxygens (including phenoxy) is 1. The smallest absolute Gasteiger partial charge is 0.333 e. The molecule has 0 aromatic heterocycles. The summed E-state index contributed by atoms with van der Waals surface area (Å²) in [4.78, 5) is 12.1. The molecule has 0 aromatic carbocycles. The van der Waals surface area contributed by atoms with E-state index in [9.17, 15) is 4.79 Å². The molecule has 0 aliphatic heterocycles. The Kier molecular flexibility index (Phi) is 3.03. The van der Waals surface area contributed by atoms with Crippen LogP contribution in [0.15, 0.2) is 12.2 Å². The van der Waals surface area contributed by atoms with Crippen LogP contribution < -0.4 is 0 Å². The van der Waals surface area contributed by atoms with Crippen LogP contribution in [0.5, 0.6) is 0 Å². The van der Waals surface area contributed by atoms with E-state index in [2.05, 4.69) is 20.4 Å². The molecule has 2 heteroatoms. The van der Waals surface area contributed by atoms with Gasteiger partial charge >= 0.3 is 5.97 Å². The Morgan fingerprint density at radius 2 is 2.00 bits per heavy atom. The molecule has 0 amide bonds. The molecule has 3 aliphatic carbocycles. The molecule has 0 spiro atoms. The van der Waals surface area contributed by atoms with Crippen molar-refractivity contribution < 1.29 is 9.53 Å². The third kappa shape index (κ3) is 1.79. The summed E-state index contributed by atoms with van der Waals surface area (Å²) in [5, 5.41) is 0. The average molecular weight is 262 g/mol. The van der Waals surface area contributed by atoms with Crippen LogP contribution >= 0.6 is 0 Å². The molecule has 5 unspecified atom stereocenters. The molecular formula is C17H26O2. The zero-order valence-electron chi connectivity index (χ0n) is 12.4. The minimum absolute atomic E-state index is 0.184. The molecule has 2 bridgehead atoms. The average Bonchev–Trinajstić information content (AvgIpc) is 2.98. The predicted octanol–water partition coefficient (Wildman–Crippen LogP) is 3.96. The number of fused-ring (bicyclic) bond motifs is 5. The van der Waals surface area contributed by atoms with Crippen LogP contribution in [-0.4, -0.2) is 11.6 Å². The zero-order chi connectivity index (χ0) is 13.8. The summed E-state index contributed by atoms with van der Waals surface area (Å²) in [5.41, 5.74) is 0.331. The molecule has 3 fully saturated rings. The Hall–Kier alpha value is -0.790. The van der Waals surface area contributed by atoms with Gasteiger partial charge in [0.05, 0.1) is 0 Å². The molecule has 0 N–H and O–H groups in total. The van der Waals surface area contributed by atoms with Crippen molar-refractivity contribution in [1.82, 2.24) is 0 Å². The van der Waals surface area contributed by atoms with Crippen molar-refractivity contribution in [2.45, 2.75) is 58.5 Å². The molecular weight excluding hydrogens is 236 g/mol. The molecule has 0 radical (unpaired) electrons. The molecule has 19 heavy (non-hydrogen) atoms. The van der Waals surface area contributed by atoms with E-state index in [1.54, 1.807) is 6.92 Å². The summed E-state index contributed by atoms with van der Waals surface area (Å²) in [6.07, 6.45) is 6.52. The maximum Gasteiger partial charge on any atom is 0.333 e. The Morgan fingerprint density at radius 1 is 1.32 bits per heavy atom. The van der Waals surface area contributed by atoms with Crippen molar-refractivity contribution in [3.63, 3.8) is 0 Å². The standard InChI is InChI=1S/C17H26O2/c1-10(2)16(18)19-17(11(3)4)9-12-8-15(17)14-7-5-6-13(12)14/h11-15H,1,5-9H2,2-4H3. The van der Waals surface area contributed by atoms with Crippen LogP contribution in [0.3, 0.4) is 0 Å². The highest BCUT2D eigenvalue weighted by Gasteiger charge is 2.63. The van der Waals surface area contributed by atoms with Crippen molar-refractivity contribution in [3.05, 3.63) is 12.2 Å². The third-order valence-corrected chi connectivity index (χ3v) is 6.12. The van der Waals surface area contributed by atoms with Crippen molar-refractivity contribution >= 4 is 5.97 Å². The normalized spacial score (nSPS) is 43.6. The fourth-order valence-corrected chi connectivity index (χ4v) is 5.29. The molecule has 106 valence electrons. The molecule has 0 saturated heterocycles. The Bertz CT molecular complexity index is 411. The van der Waals surface area contributed by atoms with Gasteiger partial charge in [-0.25, -0.2) is 4.79 Å². The molecule has 3 aliphatic rings. The minimum atomic E-state index is -0.202. The van der Waals surface area contributed by atoms with E-state index in [4.69, 9.17) is 4.74 Å². The maximum atomic E-state index is 12.1. The van der Waals surface area contributed by atoms with Gasteiger partial charge in [0.15, 0.2) is 0 Å². The highest BCUT2D eigenvalue weighted by atomic mass is 16.6. The van der Waals surface area contributed by atoms with Crippen LogP contribution in [0.2, 0.25) is 0 Å². The van der Waals surface area contributed by atoms with Gasteiger partial charge in [-0.05, 0) is 56.3 Å². The van der Waals surface area contributed by atoms with Gasteiger partial charge in [0.2, 0.25) is 0 Å². The van der Waals surface area contributed by atoms with Gasteiger partial charge in [0.1, 0.15) is 5.60 Å². The fraction of sp³-hybridized carbons (Fsp3) is 0.824. The van der Waals surface area contributed by atoms with Crippen LogP contribution in [-0.2, 0) is 9.53 Å². The second kappa shape index (κ2) is 4.36. The first-order valence-electron chi connectivity index (χ1n) is 7.84. The summed E-state index contributed by atoms with van der Waals surface area (Å²) in [7, 11) is 0. The monoisotopic (exact) mass is 262 g/mol. The van der Waals surface area contributed by atoms with Gasteiger partial charge in [0.25, 0.3) is 0 Å². The zero-order valence-corrected chi connectivity index (χ0v) is 12.4. The van der Waals surface area contributed by atoms with Crippen LogP contribution in [0.25, 0.3) is 0 Å². The van der Waals surface area contributed by atoms with Crippen LogP contribution in [0.4, 0.5) is 0 Å². The number of carbonyl (C=O) groups is 1. The maximum absolute atomic E-state index is 12.1. The lowest BCUT2D eigenvalue weighted by molar-refractivity contribution is -0.173. The summed E-state index contributed by atoms with van der Waals surface area (Å²) in [6.45, 7) is 9.93. The largest absolute Gasteiger partial charge is 0.455 e. The van der Waals surface area contributed by atoms with Gasteiger partial charge in [-0.15, -0.1) is 0 Å². The quantitative estimate of drug-likeness (QED) is 0.568. The first-order valence-corrected chi connectivity index (χ1v) is 7.84. The van der Waals surface area contributed by atoms with Crippen molar-refractivity contribution in [2.75, 3.05) is 0 Å². The van der Waals surface area contributed by atoms with Gasteiger partial charge in [0, 0.05) is 11.5 Å². The van der Waals surface area contributed by atoms with Crippen molar-refractivity contribution in [2.24, 2.45) is 29.6 Å². The van der Waals surface area contributed by atoms with Crippen LogP contribution in [0.1, 0.15) is 52.9 Å². The SMILES string of the molecule is C=C(C)C(=O)OC1(C(C)C)CC2CC1C1CCCC21. The summed E-state index contributed by atoms with van der Waals surface area (Å²) < 4.78 is 6.03. The second-order valence-electron chi connectivity index (χ2n) is 7.34. The summed E-state index contributed by atoms with van der Waals surface area (Å²) >= 11 is 0. The lowest BCUT2D eigenvalue weighted by atomic mass is 9.68. The van der Waals surface area contributed by atoms with E-state index < -0.39 is 0 Å². The van der Waals surface area contributed by atoms with Gasteiger partial charge < -0.3 is 4.74 Å². The molecule has 3 saturated carbocycles. The van der Waals surface area contributed by atoms with Crippen LogP contribution in [0, 0.1) is 29.6 Å². The van der Waals surface area contributed by atoms with E-state index >= 15 is 0 Å². The number of hydrogen-bond donors (Lipinski definition) is 0. The van der Waals surface area contributed by atoms with Gasteiger partial charge in [-0.2, -0.15) is 0 Å². The van der Waals surface area contributed by atoms with Gasteiger partial charge in [-0.3, -0.25) is 0 Å². The van der Waals surface area contributed by atoms with Crippen molar-refractivity contribution in [3.8, 4) is 0 Å².